The summed E-state index contributed by atoms with van der Waals surface area (Å²) in [6.07, 6.45) is 8.28. The summed E-state index contributed by atoms with van der Waals surface area (Å²) in [6.45, 7) is 3.36. The predicted octanol–water partition coefficient (Wildman–Crippen LogP) is 2.85. The van der Waals surface area contributed by atoms with E-state index < -0.39 is 5.97 Å². The molecule has 2 N–H and O–H groups in total. The fourth-order valence-electron chi connectivity index (χ4n) is 3.15. The Balaban J connectivity index is 1.66. The van der Waals surface area contributed by atoms with Crippen LogP contribution >= 0.6 is 0 Å². The molecule has 2 aliphatic carbocycles. The Morgan fingerprint density at radius 3 is 2.38 bits per heavy atom. The van der Waals surface area contributed by atoms with E-state index in [0.29, 0.717) is 13.1 Å². The van der Waals surface area contributed by atoms with Crippen molar-refractivity contribution < 1.29 is 14.7 Å². The SMILES string of the molecule is CC1CCC(CCNC(=O)N(CCC(=O)O)C2CC2)CC1. The van der Waals surface area contributed by atoms with Crippen molar-refractivity contribution in [3.05, 3.63) is 0 Å². The summed E-state index contributed by atoms with van der Waals surface area (Å²) in [5.41, 5.74) is 0. The highest BCUT2D eigenvalue weighted by Crippen LogP contribution is 2.30. The van der Waals surface area contributed by atoms with Crippen LogP contribution in [0.1, 0.15) is 58.3 Å². The number of carboxylic acids is 1. The zero-order valence-electron chi connectivity index (χ0n) is 13.0. The average molecular weight is 296 g/mol. The van der Waals surface area contributed by atoms with Crippen LogP contribution in [-0.2, 0) is 4.79 Å². The summed E-state index contributed by atoms with van der Waals surface area (Å²) in [5, 5.41) is 11.7. The van der Waals surface area contributed by atoms with Crippen molar-refractivity contribution in [3.8, 4) is 0 Å². The zero-order chi connectivity index (χ0) is 15.2. The van der Waals surface area contributed by atoms with Gasteiger partial charge in [-0.05, 0) is 31.1 Å². The molecule has 0 radical (unpaired) electrons. The van der Waals surface area contributed by atoms with Gasteiger partial charge in [0, 0.05) is 19.1 Å². The number of aliphatic carboxylic acids is 1. The van der Waals surface area contributed by atoms with E-state index in [2.05, 4.69) is 12.2 Å². The Bertz CT molecular complexity index is 361. The van der Waals surface area contributed by atoms with Gasteiger partial charge in [0.2, 0.25) is 0 Å². The smallest absolute Gasteiger partial charge is 0.317 e. The summed E-state index contributed by atoms with van der Waals surface area (Å²) in [7, 11) is 0. The van der Waals surface area contributed by atoms with Gasteiger partial charge in [-0.3, -0.25) is 4.79 Å². The van der Waals surface area contributed by atoms with Gasteiger partial charge in [-0.2, -0.15) is 0 Å². The molecule has 5 nitrogen and oxygen atoms in total. The summed E-state index contributed by atoms with van der Waals surface area (Å²) < 4.78 is 0. The number of carbonyl (C=O) groups is 2. The second kappa shape index (κ2) is 7.66. The highest BCUT2D eigenvalue weighted by atomic mass is 16.4. The number of nitrogens with zero attached hydrogens (tertiary/aromatic N) is 1. The molecule has 0 spiro atoms. The lowest BCUT2D eigenvalue weighted by atomic mass is 9.81. The molecule has 0 unspecified atom stereocenters. The maximum absolute atomic E-state index is 12.2. The van der Waals surface area contributed by atoms with Gasteiger partial charge < -0.3 is 15.3 Å². The van der Waals surface area contributed by atoms with Gasteiger partial charge in [0.15, 0.2) is 0 Å². The highest BCUT2D eigenvalue weighted by molar-refractivity contribution is 5.76. The van der Waals surface area contributed by atoms with Crippen LogP contribution in [-0.4, -0.2) is 41.1 Å². The van der Waals surface area contributed by atoms with Gasteiger partial charge in [-0.1, -0.05) is 32.6 Å². The largest absolute Gasteiger partial charge is 0.481 e. The molecule has 0 saturated heterocycles. The Labute approximate surface area is 127 Å². The average Bonchev–Trinajstić information content (AvgIpc) is 3.25. The number of amides is 2. The predicted molar refractivity (Wildman–Crippen MR) is 81.1 cm³/mol. The summed E-state index contributed by atoms with van der Waals surface area (Å²) in [4.78, 5) is 24.5. The molecule has 0 aromatic rings. The van der Waals surface area contributed by atoms with Gasteiger partial charge in [0.25, 0.3) is 0 Å². The Hall–Kier alpha value is -1.26. The van der Waals surface area contributed by atoms with Crippen LogP contribution < -0.4 is 5.32 Å². The minimum atomic E-state index is -0.843. The third-order valence-electron chi connectivity index (χ3n) is 4.78. The van der Waals surface area contributed by atoms with Gasteiger partial charge in [0.05, 0.1) is 6.42 Å². The summed E-state index contributed by atoms with van der Waals surface area (Å²) >= 11 is 0. The van der Waals surface area contributed by atoms with Gasteiger partial charge in [0.1, 0.15) is 0 Å². The summed E-state index contributed by atoms with van der Waals surface area (Å²) in [5.74, 6) is 0.761. The van der Waals surface area contributed by atoms with Crippen molar-refractivity contribution in [3.63, 3.8) is 0 Å². The maximum atomic E-state index is 12.2. The van der Waals surface area contributed by atoms with Crippen molar-refractivity contribution in [2.24, 2.45) is 11.8 Å². The Morgan fingerprint density at radius 2 is 1.81 bits per heavy atom. The van der Waals surface area contributed by atoms with Gasteiger partial charge in [-0.15, -0.1) is 0 Å². The maximum Gasteiger partial charge on any atom is 0.317 e. The first-order chi connectivity index (χ1) is 10.1. The number of hydrogen-bond acceptors (Lipinski definition) is 2. The molecule has 0 aromatic carbocycles. The number of nitrogens with one attached hydrogen (secondary N) is 1. The number of carboxylic acid groups (broad SMARTS) is 1. The van der Waals surface area contributed by atoms with E-state index in [9.17, 15) is 9.59 Å². The van der Waals surface area contributed by atoms with Crippen molar-refractivity contribution >= 4 is 12.0 Å². The summed E-state index contributed by atoms with van der Waals surface area (Å²) in [6, 6.07) is 0.183. The van der Waals surface area contributed by atoms with Gasteiger partial charge in [-0.25, -0.2) is 4.79 Å². The fraction of sp³-hybridized carbons (Fsp3) is 0.875. The number of rotatable bonds is 7. The lowest BCUT2D eigenvalue weighted by molar-refractivity contribution is -0.137. The highest BCUT2D eigenvalue weighted by Gasteiger charge is 2.32. The molecule has 5 heteroatoms. The van der Waals surface area contributed by atoms with Gasteiger partial charge >= 0.3 is 12.0 Å². The van der Waals surface area contributed by atoms with E-state index in [0.717, 1.165) is 31.1 Å². The molecule has 2 fully saturated rings. The second-order valence-electron chi connectivity index (χ2n) is 6.71. The van der Waals surface area contributed by atoms with E-state index in [1.165, 1.54) is 25.7 Å². The molecule has 2 amide bonds. The molecule has 120 valence electrons. The molecule has 0 bridgehead atoms. The van der Waals surface area contributed by atoms with E-state index >= 15 is 0 Å². The van der Waals surface area contributed by atoms with Crippen molar-refractivity contribution in [2.45, 2.75) is 64.3 Å². The van der Waals surface area contributed by atoms with Crippen LogP contribution in [0, 0.1) is 11.8 Å². The fourth-order valence-corrected chi connectivity index (χ4v) is 3.15. The first-order valence-corrected chi connectivity index (χ1v) is 8.32. The van der Waals surface area contributed by atoms with Crippen molar-refractivity contribution in [1.29, 1.82) is 0 Å². The van der Waals surface area contributed by atoms with Crippen LogP contribution in [0.4, 0.5) is 4.79 Å². The lowest BCUT2D eigenvalue weighted by Gasteiger charge is -2.27. The quantitative estimate of drug-likeness (QED) is 0.759. The Kier molecular flexibility index (Phi) is 5.88. The second-order valence-corrected chi connectivity index (χ2v) is 6.71. The molecule has 21 heavy (non-hydrogen) atoms. The van der Waals surface area contributed by atoms with E-state index in [1.807, 2.05) is 0 Å². The standard InChI is InChI=1S/C16H28N2O3/c1-12-2-4-13(5-3-12)8-10-17-16(21)18(14-6-7-14)11-9-15(19)20/h12-14H,2-11H2,1H3,(H,17,21)(H,19,20). The number of carbonyl (C=O) groups excluding carboxylic acids is 1. The zero-order valence-corrected chi connectivity index (χ0v) is 13.0. The van der Waals surface area contributed by atoms with Crippen molar-refractivity contribution in [2.75, 3.05) is 13.1 Å². The number of urea groups is 1. The monoisotopic (exact) mass is 296 g/mol. The first kappa shape index (κ1) is 16.1. The molecule has 0 atom stereocenters. The van der Waals surface area contributed by atoms with Crippen LogP contribution in [0.25, 0.3) is 0 Å². The lowest BCUT2D eigenvalue weighted by Crippen LogP contribution is -2.43. The molecule has 0 heterocycles. The third-order valence-corrected chi connectivity index (χ3v) is 4.78. The van der Waals surface area contributed by atoms with Crippen LogP contribution in [0.15, 0.2) is 0 Å². The van der Waals surface area contributed by atoms with Crippen molar-refractivity contribution in [1.82, 2.24) is 10.2 Å². The van der Waals surface area contributed by atoms with Crippen LogP contribution in [0.2, 0.25) is 0 Å². The van der Waals surface area contributed by atoms with Crippen LogP contribution in [0.5, 0.6) is 0 Å². The molecular weight excluding hydrogens is 268 g/mol. The molecule has 2 rings (SSSR count). The number of hydrogen-bond donors (Lipinski definition) is 2. The van der Waals surface area contributed by atoms with E-state index in [-0.39, 0.29) is 18.5 Å². The molecule has 0 aliphatic heterocycles. The Morgan fingerprint density at radius 1 is 1.14 bits per heavy atom. The minimum Gasteiger partial charge on any atom is -0.481 e. The normalized spacial score (nSPS) is 25.4. The van der Waals surface area contributed by atoms with E-state index in [4.69, 9.17) is 5.11 Å². The van der Waals surface area contributed by atoms with E-state index in [1.54, 1.807) is 4.90 Å². The minimum absolute atomic E-state index is 0.0322. The topological polar surface area (TPSA) is 69.6 Å². The van der Waals surface area contributed by atoms with Crippen LogP contribution in [0.3, 0.4) is 0 Å². The molecule has 0 aromatic heterocycles. The first-order valence-electron chi connectivity index (χ1n) is 8.32. The third kappa shape index (κ3) is 5.56. The molecular formula is C16H28N2O3. The molecule has 2 saturated carbocycles. The molecule has 2 aliphatic rings.